The van der Waals surface area contributed by atoms with E-state index in [4.69, 9.17) is 0 Å². The summed E-state index contributed by atoms with van der Waals surface area (Å²) in [5.74, 6) is 0.451. The number of thiophene rings is 1. The number of hydrazone groups is 1. The number of carbonyl (C=O) groups is 1. The lowest BCUT2D eigenvalue weighted by atomic mass is 9.90. The fourth-order valence-electron chi connectivity index (χ4n) is 3.06. The third-order valence-electron chi connectivity index (χ3n) is 4.47. The summed E-state index contributed by atoms with van der Waals surface area (Å²) < 4.78 is 25.2. The molecule has 0 unspecified atom stereocenters. The van der Waals surface area contributed by atoms with Gasteiger partial charge in [-0.25, -0.2) is 13.8 Å². The Morgan fingerprint density at radius 2 is 2.07 bits per heavy atom. The third-order valence-corrected chi connectivity index (χ3v) is 6.27. The van der Waals surface area contributed by atoms with Crippen molar-refractivity contribution in [2.75, 3.05) is 11.0 Å². The lowest BCUT2D eigenvalue weighted by Crippen LogP contribution is -2.18. The molecule has 0 bridgehead atoms. The van der Waals surface area contributed by atoms with E-state index >= 15 is 0 Å². The van der Waals surface area contributed by atoms with Gasteiger partial charge in [0, 0.05) is 10.6 Å². The summed E-state index contributed by atoms with van der Waals surface area (Å²) in [7, 11) is -3.35. The van der Waals surface area contributed by atoms with Crippen molar-refractivity contribution in [2.45, 2.75) is 33.1 Å². The van der Waals surface area contributed by atoms with Crippen LogP contribution in [0.1, 0.15) is 45.9 Å². The molecule has 0 saturated carbocycles. The molecule has 1 amide bonds. The number of hydrogen-bond donors (Lipinski definition) is 2. The SMILES string of the molecule is C/C(=N\NC(=O)c1cc2c(s1)C[C@H](C)CC2)c1cccc(NS(C)(=O)=O)c1. The van der Waals surface area contributed by atoms with E-state index in [0.717, 1.165) is 24.7 Å². The summed E-state index contributed by atoms with van der Waals surface area (Å²) in [5, 5.41) is 4.18. The van der Waals surface area contributed by atoms with Gasteiger partial charge in [-0.2, -0.15) is 5.10 Å². The van der Waals surface area contributed by atoms with E-state index in [1.54, 1.807) is 36.5 Å². The Morgan fingerprint density at radius 1 is 1.30 bits per heavy atom. The predicted molar refractivity (Wildman–Crippen MR) is 110 cm³/mol. The molecule has 27 heavy (non-hydrogen) atoms. The standard InChI is InChI=1S/C19H23N3O3S2/c1-12-7-8-15-11-18(26-17(15)9-12)19(23)21-20-13(2)14-5-4-6-16(10-14)22-27(3,24)25/h4-6,10-12,22H,7-9H2,1-3H3,(H,21,23)/b20-13+/t12-/m1/s1. The van der Waals surface area contributed by atoms with E-state index in [0.29, 0.717) is 22.2 Å². The van der Waals surface area contributed by atoms with Gasteiger partial charge in [-0.3, -0.25) is 9.52 Å². The quantitative estimate of drug-likeness (QED) is 0.590. The molecule has 0 aliphatic heterocycles. The maximum absolute atomic E-state index is 12.4. The molecular weight excluding hydrogens is 382 g/mol. The van der Waals surface area contributed by atoms with Crippen molar-refractivity contribution in [3.8, 4) is 0 Å². The van der Waals surface area contributed by atoms with Gasteiger partial charge in [0.05, 0.1) is 16.8 Å². The van der Waals surface area contributed by atoms with E-state index < -0.39 is 10.0 Å². The van der Waals surface area contributed by atoms with Gasteiger partial charge in [-0.15, -0.1) is 11.3 Å². The minimum atomic E-state index is -3.35. The molecule has 1 aromatic heterocycles. The van der Waals surface area contributed by atoms with Crippen molar-refractivity contribution in [3.05, 3.63) is 51.2 Å². The van der Waals surface area contributed by atoms with Crippen molar-refractivity contribution in [1.29, 1.82) is 0 Å². The smallest absolute Gasteiger partial charge is 0.281 e. The van der Waals surface area contributed by atoms with Crippen LogP contribution in [0.3, 0.4) is 0 Å². The highest BCUT2D eigenvalue weighted by Crippen LogP contribution is 2.32. The summed E-state index contributed by atoms with van der Waals surface area (Å²) in [6.45, 7) is 4.00. The second kappa shape index (κ2) is 7.82. The van der Waals surface area contributed by atoms with Gasteiger partial charge in [0.1, 0.15) is 0 Å². The molecule has 1 heterocycles. The topological polar surface area (TPSA) is 87.6 Å². The summed E-state index contributed by atoms with van der Waals surface area (Å²) in [6.07, 6.45) is 4.33. The van der Waals surface area contributed by atoms with Gasteiger partial charge in [-0.05, 0) is 61.4 Å². The van der Waals surface area contributed by atoms with E-state index in [1.165, 1.54) is 16.9 Å². The number of anilines is 1. The average Bonchev–Trinajstić information content (AvgIpc) is 3.01. The Balaban J connectivity index is 1.70. The number of fused-ring (bicyclic) bond motifs is 1. The zero-order valence-corrected chi connectivity index (χ0v) is 17.2. The number of amides is 1. The second-order valence-electron chi connectivity index (χ2n) is 7.00. The van der Waals surface area contributed by atoms with Crippen molar-refractivity contribution in [3.63, 3.8) is 0 Å². The number of sulfonamides is 1. The molecule has 3 rings (SSSR count). The summed E-state index contributed by atoms with van der Waals surface area (Å²) in [4.78, 5) is 14.4. The van der Waals surface area contributed by atoms with Crippen molar-refractivity contribution in [1.82, 2.24) is 5.43 Å². The fraction of sp³-hybridized carbons (Fsp3) is 0.368. The molecule has 6 nitrogen and oxygen atoms in total. The first-order valence-electron chi connectivity index (χ1n) is 8.75. The molecule has 2 N–H and O–H groups in total. The second-order valence-corrected chi connectivity index (χ2v) is 9.89. The molecule has 1 aliphatic rings. The van der Waals surface area contributed by atoms with E-state index in [2.05, 4.69) is 22.2 Å². The van der Waals surface area contributed by atoms with E-state index in [-0.39, 0.29) is 5.91 Å². The molecule has 0 radical (unpaired) electrons. The molecule has 0 spiro atoms. The highest BCUT2D eigenvalue weighted by atomic mass is 32.2. The number of carbonyl (C=O) groups excluding carboxylic acids is 1. The molecule has 1 aromatic carbocycles. The van der Waals surface area contributed by atoms with Gasteiger partial charge in [0.25, 0.3) is 5.91 Å². The Hall–Kier alpha value is -2.19. The van der Waals surface area contributed by atoms with E-state index in [9.17, 15) is 13.2 Å². The molecule has 8 heteroatoms. The molecule has 2 aromatic rings. The summed E-state index contributed by atoms with van der Waals surface area (Å²) >= 11 is 1.55. The van der Waals surface area contributed by atoms with Crippen molar-refractivity contribution < 1.29 is 13.2 Å². The minimum Gasteiger partial charge on any atom is -0.284 e. The zero-order valence-electron chi connectivity index (χ0n) is 15.6. The predicted octanol–water partition coefficient (Wildman–Crippen LogP) is 3.40. The van der Waals surface area contributed by atoms with Crippen LogP contribution < -0.4 is 10.1 Å². The number of nitrogens with zero attached hydrogens (tertiary/aromatic N) is 1. The van der Waals surface area contributed by atoms with Crippen LogP contribution in [-0.2, 0) is 22.9 Å². The van der Waals surface area contributed by atoms with Gasteiger partial charge in [0.2, 0.25) is 10.0 Å². The fourth-order valence-corrected chi connectivity index (χ4v) is 4.88. The van der Waals surface area contributed by atoms with Crippen LogP contribution in [0.2, 0.25) is 0 Å². The largest absolute Gasteiger partial charge is 0.284 e. The van der Waals surface area contributed by atoms with Crippen LogP contribution in [0, 0.1) is 5.92 Å². The first-order valence-corrected chi connectivity index (χ1v) is 11.5. The zero-order chi connectivity index (χ0) is 19.6. The summed E-state index contributed by atoms with van der Waals surface area (Å²) in [5.41, 5.74) is 5.66. The first kappa shape index (κ1) is 19.6. The Labute approximate surface area is 163 Å². The molecule has 1 atom stereocenters. The van der Waals surface area contributed by atoms with Gasteiger partial charge < -0.3 is 0 Å². The molecular formula is C19H23N3O3S2. The third kappa shape index (κ3) is 5.17. The van der Waals surface area contributed by atoms with Crippen LogP contribution in [-0.4, -0.2) is 26.3 Å². The van der Waals surface area contributed by atoms with Crippen LogP contribution in [0.4, 0.5) is 5.69 Å². The van der Waals surface area contributed by atoms with Gasteiger partial charge in [0.15, 0.2) is 0 Å². The normalized spacial score (nSPS) is 17.3. The lowest BCUT2D eigenvalue weighted by molar-refractivity contribution is 0.0959. The highest BCUT2D eigenvalue weighted by molar-refractivity contribution is 7.92. The Kier molecular flexibility index (Phi) is 5.67. The van der Waals surface area contributed by atoms with Crippen LogP contribution >= 0.6 is 11.3 Å². The monoisotopic (exact) mass is 405 g/mol. The number of nitrogens with one attached hydrogen (secondary N) is 2. The van der Waals surface area contributed by atoms with E-state index in [1.807, 2.05) is 12.1 Å². The van der Waals surface area contributed by atoms with Crippen molar-refractivity contribution in [2.24, 2.45) is 11.0 Å². The summed E-state index contributed by atoms with van der Waals surface area (Å²) in [6, 6.07) is 8.86. The average molecular weight is 406 g/mol. The first-order chi connectivity index (χ1) is 12.7. The number of aryl methyl sites for hydroxylation is 1. The maximum atomic E-state index is 12.4. The molecule has 0 saturated heterocycles. The maximum Gasteiger partial charge on any atom is 0.281 e. The van der Waals surface area contributed by atoms with Gasteiger partial charge >= 0.3 is 0 Å². The van der Waals surface area contributed by atoms with Crippen LogP contribution in [0.25, 0.3) is 0 Å². The lowest BCUT2D eigenvalue weighted by Gasteiger charge is -2.16. The molecule has 0 fully saturated rings. The number of hydrogen-bond acceptors (Lipinski definition) is 5. The molecule has 144 valence electrons. The highest BCUT2D eigenvalue weighted by Gasteiger charge is 2.20. The number of benzene rings is 1. The minimum absolute atomic E-state index is 0.216. The van der Waals surface area contributed by atoms with Crippen molar-refractivity contribution >= 4 is 38.7 Å². The van der Waals surface area contributed by atoms with Crippen LogP contribution in [0.5, 0.6) is 0 Å². The van der Waals surface area contributed by atoms with Gasteiger partial charge in [-0.1, -0.05) is 19.1 Å². The molecule has 1 aliphatic carbocycles. The Morgan fingerprint density at radius 3 is 2.81 bits per heavy atom. The Bertz CT molecular complexity index is 993. The number of rotatable bonds is 5. The van der Waals surface area contributed by atoms with Crippen LogP contribution in [0.15, 0.2) is 35.4 Å².